The number of halogens is 1. The monoisotopic (exact) mass is 478 g/mol. The van der Waals surface area contributed by atoms with Crippen molar-refractivity contribution in [2.45, 2.75) is 57.1 Å². The number of fused-ring (bicyclic) bond motifs is 1. The minimum absolute atomic E-state index is 0.00296. The summed E-state index contributed by atoms with van der Waals surface area (Å²) in [5.74, 6) is 0.0178. The Bertz CT molecular complexity index is 913. The number of nitrogens with zero attached hydrogens (tertiary/aromatic N) is 2. The van der Waals surface area contributed by atoms with Gasteiger partial charge >= 0.3 is 0 Å². The molecule has 1 amide bonds. The summed E-state index contributed by atoms with van der Waals surface area (Å²) >= 11 is 6.03. The molecule has 0 aliphatic carbocycles. The molecule has 3 N–H and O–H groups in total. The van der Waals surface area contributed by atoms with Crippen molar-refractivity contribution in [1.29, 1.82) is 0 Å². The summed E-state index contributed by atoms with van der Waals surface area (Å²) in [7, 11) is 3.96. The van der Waals surface area contributed by atoms with E-state index in [4.69, 9.17) is 21.1 Å². The highest BCUT2D eigenvalue weighted by molar-refractivity contribution is 6.31. The fourth-order valence-corrected chi connectivity index (χ4v) is 4.25. The van der Waals surface area contributed by atoms with Gasteiger partial charge in [-0.25, -0.2) is 0 Å². The molecule has 8 nitrogen and oxygen atoms in total. The molecule has 4 atom stereocenters. The Morgan fingerprint density at radius 1 is 1.30 bits per heavy atom. The van der Waals surface area contributed by atoms with E-state index < -0.39 is 12.4 Å². The molecule has 1 aromatic heterocycles. The number of amides is 1. The number of hydrogen-bond donors (Lipinski definition) is 3. The van der Waals surface area contributed by atoms with Crippen LogP contribution < -0.4 is 10.6 Å². The number of anilines is 1. The Morgan fingerprint density at radius 3 is 2.91 bits per heavy atom. The molecular weight excluding hydrogens is 444 g/mol. The minimum Gasteiger partial charge on any atom is -0.384 e. The molecule has 0 unspecified atom stereocenters. The predicted octanol–water partition coefficient (Wildman–Crippen LogP) is 3.03. The van der Waals surface area contributed by atoms with E-state index in [1.165, 1.54) is 0 Å². The summed E-state index contributed by atoms with van der Waals surface area (Å²) in [5.41, 5.74) is 1.82. The van der Waals surface area contributed by atoms with Crippen LogP contribution in [-0.2, 0) is 14.3 Å². The van der Waals surface area contributed by atoms with Gasteiger partial charge in [-0.2, -0.15) is 0 Å². The number of pyridine rings is 1. The Hall–Kier alpha value is -1.97. The SMILES string of the molecule is C[C@@H]1C[C@H](N(C)C)[C@@H](OCCCNC(=O)CCCNc2ccnc3cc(Cl)ccc23)[C@H](O)O1. The number of likely N-dealkylation sites (N-methyl/N-ethyl adjacent to an activating group) is 1. The first-order valence-corrected chi connectivity index (χ1v) is 11.9. The zero-order valence-electron chi connectivity index (χ0n) is 19.6. The maximum Gasteiger partial charge on any atom is 0.220 e. The van der Waals surface area contributed by atoms with E-state index in [0.717, 1.165) is 23.0 Å². The average molecular weight is 479 g/mol. The molecule has 1 saturated heterocycles. The Morgan fingerprint density at radius 2 is 2.12 bits per heavy atom. The van der Waals surface area contributed by atoms with Crippen molar-refractivity contribution in [3.63, 3.8) is 0 Å². The maximum atomic E-state index is 12.1. The fourth-order valence-electron chi connectivity index (χ4n) is 4.09. The van der Waals surface area contributed by atoms with Gasteiger partial charge in [0.05, 0.1) is 11.6 Å². The van der Waals surface area contributed by atoms with Gasteiger partial charge in [0.1, 0.15) is 6.10 Å². The first-order valence-electron chi connectivity index (χ1n) is 11.5. The summed E-state index contributed by atoms with van der Waals surface area (Å²) < 4.78 is 11.4. The van der Waals surface area contributed by atoms with Crippen LogP contribution in [0.3, 0.4) is 0 Å². The number of hydrogen-bond acceptors (Lipinski definition) is 7. The number of ether oxygens (including phenoxy) is 2. The normalized spacial score (nSPS) is 23.1. The van der Waals surface area contributed by atoms with Crippen molar-refractivity contribution in [2.24, 2.45) is 0 Å². The van der Waals surface area contributed by atoms with Crippen LogP contribution in [0.5, 0.6) is 0 Å². The molecule has 1 aromatic carbocycles. The van der Waals surface area contributed by atoms with Crippen LogP contribution in [0.2, 0.25) is 5.02 Å². The molecule has 9 heteroatoms. The number of carbonyl (C=O) groups is 1. The summed E-state index contributed by atoms with van der Waals surface area (Å²) in [5, 5.41) is 18.2. The van der Waals surface area contributed by atoms with Crippen molar-refractivity contribution < 1.29 is 19.4 Å². The molecule has 2 heterocycles. The Kier molecular flexibility index (Phi) is 9.70. The van der Waals surface area contributed by atoms with Crippen LogP contribution in [-0.4, -0.2) is 79.2 Å². The van der Waals surface area contributed by atoms with Gasteiger partial charge in [-0.3, -0.25) is 9.78 Å². The van der Waals surface area contributed by atoms with E-state index in [0.29, 0.717) is 44.0 Å². The van der Waals surface area contributed by atoms with Crippen LogP contribution in [0, 0.1) is 0 Å². The van der Waals surface area contributed by atoms with Crippen molar-refractivity contribution in [1.82, 2.24) is 15.2 Å². The van der Waals surface area contributed by atoms with E-state index in [9.17, 15) is 9.90 Å². The molecule has 0 saturated carbocycles. The van der Waals surface area contributed by atoms with Crippen LogP contribution in [0.1, 0.15) is 32.6 Å². The molecule has 3 rings (SSSR count). The molecule has 0 bridgehead atoms. The number of aliphatic hydroxyl groups is 1. The lowest BCUT2D eigenvalue weighted by atomic mass is 9.99. The van der Waals surface area contributed by atoms with Gasteiger partial charge in [-0.1, -0.05) is 11.6 Å². The van der Waals surface area contributed by atoms with Gasteiger partial charge in [0.2, 0.25) is 5.91 Å². The number of benzene rings is 1. The van der Waals surface area contributed by atoms with Gasteiger partial charge in [0.25, 0.3) is 0 Å². The van der Waals surface area contributed by atoms with E-state index in [1.807, 2.05) is 45.3 Å². The zero-order chi connectivity index (χ0) is 23.8. The summed E-state index contributed by atoms with van der Waals surface area (Å²) in [6.07, 6.45) is 3.06. The molecule has 33 heavy (non-hydrogen) atoms. The Balaban J connectivity index is 1.31. The van der Waals surface area contributed by atoms with Crippen molar-refractivity contribution >= 4 is 34.1 Å². The highest BCUT2D eigenvalue weighted by atomic mass is 35.5. The molecule has 1 aliphatic heterocycles. The first kappa shape index (κ1) is 25.6. The van der Waals surface area contributed by atoms with Gasteiger partial charge in [0.15, 0.2) is 6.29 Å². The Labute approximate surface area is 200 Å². The largest absolute Gasteiger partial charge is 0.384 e. The molecule has 0 radical (unpaired) electrons. The summed E-state index contributed by atoms with van der Waals surface area (Å²) in [4.78, 5) is 18.5. The summed E-state index contributed by atoms with van der Waals surface area (Å²) in [6, 6.07) is 7.65. The lowest BCUT2D eigenvalue weighted by Crippen LogP contribution is -2.54. The van der Waals surface area contributed by atoms with Crippen LogP contribution >= 0.6 is 11.6 Å². The smallest absolute Gasteiger partial charge is 0.220 e. The highest BCUT2D eigenvalue weighted by Gasteiger charge is 2.38. The third kappa shape index (κ3) is 7.52. The molecular formula is C24H35ClN4O4. The molecule has 2 aromatic rings. The average Bonchev–Trinajstić information content (AvgIpc) is 2.77. The number of nitrogens with one attached hydrogen (secondary N) is 2. The number of carbonyl (C=O) groups excluding carboxylic acids is 1. The van der Waals surface area contributed by atoms with Crippen LogP contribution in [0.4, 0.5) is 5.69 Å². The van der Waals surface area contributed by atoms with E-state index in [-0.39, 0.29) is 18.1 Å². The second-order valence-electron chi connectivity index (χ2n) is 8.69. The maximum absolute atomic E-state index is 12.1. The lowest BCUT2D eigenvalue weighted by Gasteiger charge is -2.41. The van der Waals surface area contributed by atoms with E-state index >= 15 is 0 Å². The van der Waals surface area contributed by atoms with Gasteiger partial charge in [-0.05, 0) is 64.5 Å². The highest BCUT2D eigenvalue weighted by Crippen LogP contribution is 2.25. The van der Waals surface area contributed by atoms with Crippen LogP contribution in [0.25, 0.3) is 10.9 Å². The van der Waals surface area contributed by atoms with Crippen LogP contribution in [0.15, 0.2) is 30.5 Å². The number of rotatable bonds is 11. The second kappa shape index (κ2) is 12.5. The third-order valence-electron chi connectivity index (χ3n) is 5.82. The predicted molar refractivity (Wildman–Crippen MR) is 130 cm³/mol. The van der Waals surface area contributed by atoms with E-state index in [2.05, 4.69) is 20.5 Å². The summed E-state index contributed by atoms with van der Waals surface area (Å²) in [6.45, 7) is 3.62. The third-order valence-corrected chi connectivity index (χ3v) is 6.06. The number of aliphatic hydroxyl groups excluding tert-OH is 1. The first-order chi connectivity index (χ1) is 15.8. The van der Waals surface area contributed by atoms with Gasteiger partial charge in [-0.15, -0.1) is 0 Å². The van der Waals surface area contributed by atoms with Crippen molar-refractivity contribution in [2.75, 3.05) is 39.1 Å². The standard InChI is InChI=1S/C24H35ClN4O4/c1-16-14-21(29(2)3)23(24(31)33-16)32-13-5-11-28-22(30)6-4-10-26-19-9-12-27-20-15-17(25)7-8-18(19)20/h7-9,12,15-16,21,23-24,31H,4-6,10-11,13-14H2,1-3H3,(H,26,27)(H,28,30)/t16-,21+,23-,24-/m1/s1. The topological polar surface area (TPSA) is 96.0 Å². The molecule has 1 aliphatic rings. The molecule has 1 fully saturated rings. The van der Waals surface area contributed by atoms with Crippen molar-refractivity contribution in [3.8, 4) is 0 Å². The van der Waals surface area contributed by atoms with Crippen molar-refractivity contribution in [3.05, 3.63) is 35.5 Å². The quantitative estimate of drug-likeness (QED) is 0.427. The fraction of sp³-hybridized carbons (Fsp3) is 0.583. The molecule has 0 spiro atoms. The lowest BCUT2D eigenvalue weighted by molar-refractivity contribution is -0.243. The second-order valence-corrected chi connectivity index (χ2v) is 9.13. The molecule has 182 valence electrons. The van der Waals surface area contributed by atoms with Gasteiger partial charge in [0, 0.05) is 54.5 Å². The zero-order valence-corrected chi connectivity index (χ0v) is 20.3. The van der Waals surface area contributed by atoms with Gasteiger partial charge < -0.3 is 30.1 Å². The number of aromatic nitrogens is 1. The van der Waals surface area contributed by atoms with E-state index in [1.54, 1.807) is 6.20 Å². The minimum atomic E-state index is -0.933.